The fraction of sp³-hybridized carbons (Fsp3) is 0.526. The van der Waals surface area contributed by atoms with E-state index in [0.29, 0.717) is 12.7 Å². The zero-order valence-corrected chi connectivity index (χ0v) is 14.4. The van der Waals surface area contributed by atoms with E-state index in [4.69, 9.17) is 9.47 Å². The van der Waals surface area contributed by atoms with Crippen LogP contribution >= 0.6 is 0 Å². The monoisotopic (exact) mass is 329 g/mol. The summed E-state index contributed by atoms with van der Waals surface area (Å²) >= 11 is 0. The second-order valence-corrected chi connectivity index (χ2v) is 6.44. The number of likely N-dealkylation sites (N-methyl/N-ethyl adjacent to an activating group) is 1. The molecule has 0 bridgehead atoms. The molecule has 1 aliphatic heterocycles. The largest absolute Gasteiger partial charge is 0.491 e. The lowest BCUT2D eigenvalue weighted by molar-refractivity contribution is -0.00269. The first kappa shape index (κ1) is 17.0. The van der Waals surface area contributed by atoms with E-state index >= 15 is 0 Å². The maximum atomic E-state index is 5.99. The Labute approximate surface area is 144 Å². The molecule has 0 N–H and O–H groups in total. The molecule has 0 aliphatic carbocycles. The number of para-hydroxylation sites is 1. The van der Waals surface area contributed by atoms with Gasteiger partial charge in [0.05, 0.1) is 19.0 Å². The summed E-state index contributed by atoms with van der Waals surface area (Å²) in [5.74, 6) is 0.967. The molecule has 1 atom stereocenters. The normalized spacial score (nSPS) is 18.0. The van der Waals surface area contributed by atoms with Crippen molar-refractivity contribution < 1.29 is 9.47 Å². The van der Waals surface area contributed by atoms with Gasteiger partial charge in [-0.3, -0.25) is 4.90 Å². The first-order chi connectivity index (χ1) is 11.8. The molecule has 1 aromatic heterocycles. The topological polar surface area (TPSA) is 39.5 Å². The summed E-state index contributed by atoms with van der Waals surface area (Å²) in [5, 5.41) is 0. The molecule has 1 saturated heterocycles. The fourth-order valence-corrected chi connectivity index (χ4v) is 3.11. The molecule has 0 amide bonds. The van der Waals surface area contributed by atoms with Crippen LogP contribution in [0.2, 0.25) is 0 Å². The zero-order chi connectivity index (χ0) is 16.6. The summed E-state index contributed by atoms with van der Waals surface area (Å²) in [4.78, 5) is 6.38. The second-order valence-electron chi connectivity index (χ2n) is 6.44. The Kier molecular flexibility index (Phi) is 6.26. The number of hydrogen-bond acceptors (Lipinski definition) is 4. The fourth-order valence-electron chi connectivity index (χ4n) is 3.11. The number of benzene rings is 1. The van der Waals surface area contributed by atoms with Gasteiger partial charge in [0.15, 0.2) is 0 Å². The average Bonchev–Trinajstić information content (AvgIpc) is 3.11. The summed E-state index contributed by atoms with van der Waals surface area (Å²) in [6, 6.07) is 8.29. The molecular formula is C19H27N3O2. The highest BCUT2D eigenvalue weighted by Crippen LogP contribution is 2.21. The van der Waals surface area contributed by atoms with Crippen molar-refractivity contribution in [3.8, 4) is 5.75 Å². The number of imidazole rings is 1. The number of rotatable bonds is 8. The van der Waals surface area contributed by atoms with Crippen molar-refractivity contribution in [3.63, 3.8) is 0 Å². The molecule has 5 nitrogen and oxygen atoms in total. The van der Waals surface area contributed by atoms with Crippen LogP contribution in [-0.2, 0) is 17.8 Å². The number of aromatic nitrogens is 2. The van der Waals surface area contributed by atoms with Gasteiger partial charge in [-0.1, -0.05) is 18.2 Å². The van der Waals surface area contributed by atoms with Crippen LogP contribution in [0.3, 0.4) is 0 Å². The molecule has 0 unspecified atom stereocenters. The van der Waals surface area contributed by atoms with E-state index in [1.54, 1.807) is 6.20 Å². The molecule has 130 valence electrons. The maximum Gasteiger partial charge on any atom is 0.123 e. The Hall–Kier alpha value is -1.85. The first-order valence-electron chi connectivity index (χ1n) is 8.78. The van der Waals surface area contributed by atoms with Crippen LogP contribution in [0.25, 0.3) is 0 Å². The van der Waals surface area contributed by atoms with Crippen LogP contribution in [0.15, 0.2) is 43.0 Å². The van der Waals surface area contributed by atoms with Gasteiger partial charge in [-0.25, -0.2) is 4.98 Å². The molecule has 0 saturated carbocycles. The van der Waals surface area contributed by atoms with E-state index in [9.17, 15) is 0 Å². The molecule has 1 fully saturated rings. The van der Waals surface area contributed by atoms with Gasteiger partial charge in [0.1, 0.15) is 12.4 Å². The van der Waals surface area contributed by atoms with Crippen molar-refractivity contribution in [2.24, 2.45) is 0 Å². The van der Waals surface area contributed by atoms with Crippen LogP contribution in [0, 0.1) is 0 Å². The van der Waals surface area contributed by atoms with Crippen molar-refractivity contribution in [2.75, 3.05) is 26.8 Å². The van der Waals surface area contributed by atoms with Gasteiger partial charge >= 0.3 is 0 Å². The highest BCUT2D eigenvalue weighted by atomic mass is 16.5. The van der Waals surface area contributed by atoms with Gasteiger partial charge < -0.3 is 14.0 Å². The Balaban J connectivity index is 1.50. The Bertz CT molecular complexity index is 594. The summed E-state index contributed by atoms with van der Waals surface area (Å²) in [5.41, 5.74) is 1.22. The van der Waals surface area contributed by atoms with E-state index in [1.807, 2.05) is 29.2 Å². The van der Waals surface area contributed by atoms with Gasteiger partial charge in [-0.15, -0.1) is 0 Å². The van der Waals surface area contributed by atoms with Crippen LogP contribution in [0.5, 0.6) is 5.75 Å². The third kappa shape index (κ3) is 5.08. The van der Waals surface area contributed by atoms with E-state index < -0.39 is 0 Å². The third-order valence-corrected chi connectivity index (χ3v) is 4.37. The minimum absolute atomic E-state index is 0.373. The van der Waals surface area contributed by atoms with Crippen LogP contribution < -0.4 is 4.74 Å². The zero-order valence-electron chi connectivity index (χ0n) is 14.4. The quantitative estimate of drug-likeness (QED) is 0.746. The smallest absolute Gasteiger partial charge is 0.123 e. The lowest BCUT2D eigenvalue weighted by Gasteiger charge is -2.27. The number of ether oxygens (including phenoxy) is 2. The van der Waals surface area contributed by atoms with Gasteiger partial charge in [0.25, 0.3) is 0 Å². The van der Waals surface area contributed by atoms with Crippen molar-refractivity contribution in [1.82, 2.24) is 14.5 Å². The van der Waals surface area contributed by atoms with Gasteiger partial charge in [-0.05, 0) is 32.4 Å². The average molecular weight is 329 g/mol. The molecule has 0 spiro atoms. The van der Waals surface area contributed by atoms with Gasteiger partial charge in [-0.2, -0.15) is 0 Å². The third-order valence-electron chi connectivity index (χ3n) is 4.37. The van der Waals surface area contributed by atoms with E-state index in [-0.39, 0.29) is 0 Å². The summed E-state index contributed by atoms with van der Waals surface area (Å²) < 4.78 is 13.9. The summed E-state index contributed by atoms with van der Waals surface area (Å²) in [7, 11) is 2.15. The van der Waals surface area contributed by atoms with E-state index in [0.717, 1.165) is 32.0 Å². The Morgan fingerprint density at radius 2 is 2.25 bits per heavy atom. The number of hydrogen-bond donors (Lipinski definition) is 0. The predicted molar refractivity (Wildman–Crippen MR) is 94.1 cm³/mol. The first-order valence-corrected chi connectivity index (χ1v) is 8.78. The van der Waals surface area contributed by atoms with Crippen molar-refractivity contribution in [2.45, 2.75) is 38.5 Å². The van der Waals surface area contributed by atoms with Crippen molar-refractivity contribution in [1.29, 1.82) is 0 Å². The summed E-state index contributed by atoms with van der Waals surface area (Å²) in [6.07, 6.45) is 9.59. The van der Waals surface area contributed by atoms with Crippen molar-refractivity contribution >= 4 is 0 Å². The minimum atomic E-state index is 0.373. The number of nitrogens with zero attached hydrogens (tertiary/aromatic N) is 3. The Morgan fingerprint density at radius 1 is 1.33 bits per heavy atom. The summed E-state index contributed by atoms with van der Waals surface area (Å²) in [6.45, 7) is 4.21. The Morgan fingerprint density at radius 3 is 3.04 bits per heavy atom. The molecule has 2 heterocycles. The molecule has 1 aliphatic rings. The van der Waals surface area contributed by atoms with E-state index in [1.165, 1.54) is 24.8 Å². The molecule has 1 aromatic carbocycles. The predicted octanol–water partition coefficient (Wildman–Crippen LogP) is 2.96. The highest BCUT2D eigenvalue weighted by Gasteiger charge is 2.16. The molecule has 2 aromatic rings. The minimum Gasteiger partial charge on any atom is -0.491 e. The van der Waals surface area contributed by atoms with Crippen molar-refractivity contribution in [3.05, 3.63) is 48.5 Å². The molecule has 5 heteroatoms. The standard InChI is InChI=1S/C19H27N3O2/c1-21(15-18-7-4-5-12-23-18)14-17-6-2-3-8-19(17)24-13-11-22-10-9-20-16-22/h2-3,6,8-10,16,18H,4-5,7,11-15H2,1H3/t18-/m1/s1. The maximum absolute atomic E-state index is 5.99. The van der Waals surface area contributed by atoms with Gasteiger partial charge in [0, 0.05) is 37.7 Å². The van der Waals surface area contributed by atoms with Crippen LogP contribution in [-0.4, -0.2) is 47.4 Å². The van der Waals surface area contributed by atoms with E-state index in [2.05, 4.69) is 29.1 Å². The molecular weight excluding hydrogens is 302 g/mol. The van der Waals surface area contributed by atoms with Gasteiger partial charge in [0.2, 0.25) is 0 Å². The highest BCUT2D eigenvalue weighted by molar-refractivity contribution is 5.33. The molecule has 3 rings (SSSR count). The van der Waals surface area contributed by atoms with Crippen LogP contribution in [0.1, 0.15) is 24.8 Å². The lowest BCUT2D eigenvalue weighted by atomic mass is 10.1. The van der Waals surface area contributed by atoms with Crippen LogP contribution in [0.4, 0.5) is 0 Å². The SMILES string of the molecule is CN(Cc1ccccc1OCCn1ccnc1)C[C@H]1CCCCO1. The second kappa shape index (κ2) is 8.85. The molecule has 24 heavy (non-hydrogen) atoms. The lowest BCUT2D eigenvalue weighted by Crippen LogP contribution is -2.33. The molecule has 0 radical (unpaired) electrons.